The Balaban J connectivity index is 2.48. The van der Waals surface area contributed by atoms with E-state index in [1.807, 2.05) is 0 Å². The number of nitrogens with one attached hydrogen (secondary N) is 1. The minimum absolute atomic E-state index is 0.324. The number of carbonyl (C=O) groups is 1. The molecule has 0 aromatic rings. The average Bonchev–Trinajstić information content (AvgIpc) is 2.12. The smallest absolute Gasteiger partial charge is 0.372 e. The zero-order valence-corrected chi connectivity index (χ0v) is 4.42. The summed E-state index contributed by atoms with van der Waals surface area (Å²) in [6.45, 7) is 0. The molecule has 0 saturated heterocycles. The lowest BCUT2D eigenvalue weighted by atomic mass is 10.2. The van der Waals surface area contributed by atoms with Gasteiger partial charge in [0.1, 0.15) is 6.21 Å². The van der Waals surface area contributed by atoms with Gasteiger partial charge in [-0.3, -0.25) is 0 Å². The Hall–Kier alpha value is -0.860. The highest BCUT2D eigenvalue weighted by atomic mass is 16.4. The second-order valence-corrected chi connectivity index (χ2v) is 1.84. The van der Waals surface area contributed by atoms with Crippen LogP contribution in [0.5, 0.6) is 0 Å². The summed E-state index contributed by atoms with van der Waals surface area (Å²) in [5.41, 5.74) is 0. The third-order valence-corrected chi connectivity index (χ3v) is 1.22. The fourth-order valence-corrected chi connectivity index (χ4v) is 0.754. The van der Waals surface area contributed by atoms with Crippen molar-refractivity contribution >= 4 is 12.2 Å². The van der Waals surface area contributed by atoms with Gasteiger partial charge in [0, 0.05) is 12.8 Å². The van der Waals surface area contributed by atoms with Crippen LogP contribution in [0.2, 0.25) is 0 Å². The van der Waals surface area contributed by atoms with E-state index in [4.69, 9.17) is 5.11 Å². The van der Waals surface area contributed by atoms with Crippen LogP contribution in [-0.2, 0) is 4.79 Å². The Morgan fingerprint density at radius 1 is 1.88 bits per heavy atom. The monoisotopic (exact) mass is 114 g/mol. The lowest BCUT2D eigenvalue weighted by molar-refractivity contribution is -0.476. The van der Waals surface area contributed by atoms with Gasteiger partial charge in [0.2, 0.25) is 6.04 Å². The molecule has 0 radical (unpaired) electrons. The van der Waals surface area contributed by atoms with Crippen molar-refractivity contribution in [2.75, 3.05) is 0 Å². The molecule has 0 bridgehead atoms. The molecule has 0 aliphatic carbocycles. The van der Waals surface area contributed by atoms with E-state index in [-0.39, 0.29) is 6.04 Å². The lowest BCUT2D eigenvalue weighted by Gasteiger charge is -1.88. The van der Waals surface area contributed by atoms with E-state index in [0.29, 0.717) is 0 Å². The molecule has 44 valence electrons. The molecule has 3 nitrogen and oxygen atoms in total. The lowest BCUT2D eigenvalue weighted by Crippen LogP contribution is -2.75. The summed E-state index contributed by atoms with van der Waals surface area (Å²) >= 11 is 0. The van der Waals surface area contributed by atoms with Crippen molar-refractivity contribution in [3.8, 4) is 0 Å². The third kappa shape index (κ3) is 0.857. The maximum absolute atomic E-state index is 10.1. The van der Waals surface area contributed by atoms with Crippen LogP contribution in [0.4, 0.5) is 0 Å². The Morgan fingerprint density at radius 2 is 2.62 bits per heavy atom. The van der Waals surface area contributed by atoms with E-state index < -0.39 is 5.97 Å². The molecule has 1 aliphatic heterocycles. The Morgan fingerprint density at radius 3 is 2.88 bits per heavy atom. The van der Waals surface area contributed by atoms with Gasteiger partial charge in [-0.2, -0.15) is 0 Å². The van der Waals surface area contributed by atoms with Crippen LogP contribution in [0.15, 0.2) is 0 Å². The van der Waals surface area contributed by atoms with Crippen LogP contribution in [-0.4, -0.2) is 23.3 Å². The van der Waals surface area contributed by atoms with Crippen LogP contribution in [0, 0.1) is 0 Å². The average molecular weight is 114 g/mol. The molecular weight excluding hydrogens is 106 g/mol. The molecule has 1 aliphatic rings. The Bertz CT molecular complexity index is 130. The normalized spacial score (nSPS) is 26.2. The molecule has 2 N–H and O–H groups in total. The minimum Gasteiger partial charge on any atom is -0.476 e. The first-order valence-electron chi connectivity index (χ1n) is 2.61. The number of hydrogen-bond donors (Lipinski definition) is 2. The number of aliphatic carboxylic acids is 1. The second-order valence-electron chi connectivity index (χ2n) is 1.84. The summed E-state index contributed by atoms with van der Waals surface area (Å²) in [5, 5.41) is 8.33. The summed E-state index contributed by atoms with van der Waals surface area (Å²) in [6, 6.07) is -0.324. The van der Waals surface area contributed by atoms with E-state index >= 15 is 0 Å². The van der Waals surface area contributed by atoms with Crippen molar-refractivity contribution in [2.24, 2.45) is 0 Å². The van der Waals surface area contributed by atoms with Crippen LogP contribution >= 0.6 is 0 Å². The minimum atomic E-state index is -0.751. The molecule has 3 heteroatoms. The van der Waals surface area contributed by atoms with Gasteiger partial charge in [-0.15, -0.1) is 0 Å². The maximum atomic E-state index is 10.1. The zero-order valence-electron chi connectivity index (χ0n) is 4.42. The molecule has 1 heterocycles. The zero-order chi connectivity index (χ0) is 5.98. The number of hydrogen-bond acceptors (Lipinski definition) is 1. The Kier molecular flexibility index (Phi) is 1.28. The van der Waals surface area contributed by atoms with Crippen molar-refractivity contribution in [1.82, 2.24) is 0 Å². The van der Waals surface area contributed by atoms with E-state index in [2.05, 4.69) is 4.99 Å². The summed E-state index contributed by atoms with van der Waals surface area (Å²) < 4.78 is 0. The fourth-order valence-electron chi connectivity index (χ4n) is 0.754. The fraction of sp³-hybridized carbons (Fsp3) is 0.600. The molecule has 0 fully saturated rings. The van der Waals surface area contributed by atoms with Crippen molar-refractivity contribution in [1.29, 1.82) is 0 Å². The Labute approximate surface area is 47.0 Å². The third-order valence-electron chi connectivity index (χ3n) is 1.22. The molecule has 0 unspecified atom stereocenters. The molecule has 0 aromatic heterocycles. The van der Waals surface area contributed by atoms with Gasteiger partial charge >= 0.3 is 5.97 Å². The molecule has 0 amide bonds. The van der Waals surface area contributed by atoms with Crippen LogP contribution < -0.4 is 4.99 Å². The van der Waals surface area contributed by atoms with E-state index in [1.165, 1.54) is 0 Å². The first-order chi connectivity index (χ1) is 3.80. The molecule has 8 heavy (non-hydrogen) atoms. The second kappa shape index (κ2) is 1.94. The first-order valence-corrected chi connectivity index (χ1v) is 2.61. The standard InChI is InChI=1S/C5H7NO2/c7-5(8)4-2-1-3-6-4/h3-4H,1-2H2,(H,7,8)/p+1/t4-/m0/s1. The molecular formula is C5H8NO2+. The molecule has 0 aromatic carbocycles. The highest BCUT2D eigenvalue weighted by molar-refractivity contribution is 5.73. The largest absolute Gasteiger partial charge is 0.476 e. The van der Waals surface area contributed by atoms with E-state index in [0.717, 1.165) is 12.8 Å². The molecule has 0 spiro atoms. The molecule has 1 rings (SSSR count). The van der Waals surface area contributed by atoms with Gasteiger partial charge in [0.15, 0.2) is 0 Å². The van der Waals surface area contributed by atoms with Crippen LogP contribution in [0.3, 0.4) is 0 Å². The van der Waals surface area contributed by atoms with Gasteiger partial charge in [-0.25, -0.2) is 9.79 Å². The highest BCUT2D eigenvalue weighted by Gasteiger charge is 2.23. The maximum Gasteiger partial charge on any atom is 0.372 e. The van der Waals surface area contributed by atoms with Crippen molar-refractivity contribution < 1.29 is 14.9 Å². The van der Waals surface area contributed by atoms with Gasteiger partial charge in [0.25, 0.3) is 0 Å². The molecule has 0 saturated carbocycles. The number of rotatable bonds is 1. The van der Waals surface area contributed by atoms with Crippen LogP contribution in [0.25, 0.3) is 0 Å². The number of carboxylic acids is 1. The van der Waals surface area contributed by atoms with Crippen molar-refractivity contribution in [3.63, 3.8) is 0 Å². The highest BCUT2D eigenvalue weighted by Crippen LogP contribution is 1.91. The summed E-state index contributed by atoms with van der Waals surface area (Å²) in [4.78, 5) is 12.9. The van der Waals surface area contributed by atoms with Gasteiger partial charge in [-0.1, -0.05) is 0 Å². The van der Waals surface area contributed by atoms with Gasteiger partial charge < -0.3 is 5.11 Å². The SMILES string of the molecule is O=C(O)[C@@H]1CCC=[NH+]1. The van der Waals surface area contributed by atoms with Crippen LogP contribution in [0.1, 0.15) is 12.8 Å². The summed E-state index contributed by atoms with van der Waals surface area (Å²) in [7, 11) is 0. The van der Waals surface area contributed by atoms with Gasteiger partial charge in [0.05, 0.1) is 0 Å². The summed E-state index contributed by atoms with van der Waals surface area (Å²) in [6.07, 6.45) is 3.39. The first kappa shape index (κ1) is 5.28. The van der Waals surface area contributed by atoms with Crippen molar-refractivity contribution in [3.05, 3.63) is 0 Å². The summed E-state index contributed by atoms with van der Waals surface area (Å²) in [5.74, 6) is -0.751. The van der Waals surface area contributed by atoms with E-state index in [9.17, 15) is 4.79 Å². The predicted octanol–water partition coefficient (Wildman–Crippen LogP) is -1.62. The van der Waals surface area contributed by atoms with E-state index in [1.54, 1.807) is 6.21 Å². The topological polar surface area (TPSA) is 51.3 Å². The van der Waals surface area contributed by atoms with Crippen molar-refractivity contribution in [2.45, 2.75) is 18.9 Å². The quantitative estimate of drug-likeness (QED) is 0.430. The molecule has 1 atom stereocenters. The number of carboxylic acid groups (broad SMARTS) is 1. The predicted molar refractivity (Wildman–Crippen MR) is 27.7 cm³/mol. The van der Waals surface area contributed by atoms with Gasteiger partial charge in [-0.05, 0) is 0 Å².